The number of aromatic nitrogens is 2. The lowest BCUT2D eigenvalue weighted by molar-refractivity contribution is -0.125. The van der Waals surface area contributed by atoms with Crippen LogP contribution in [-0.4, -0.2) is 29.0 Å². The molecule has 0 saturated carbocycles. The minimum atomic E-state index is -0.482. The first-order valence-electron chi connectivity index (χ1n) is 6.63. The van der Waals surface area contributed by atoms with E-state index in [4.69, 9.17) is 11.5 Å². The van der Waals surface area contributed by atoms with Gasteiger partial charge in [-0.25, -0.2) is 9.97 Å². The first kappa shape index (κ1) is 13.6. The highest BCUT2D eigenvalue weighted by Gasteiger charge is 2.39. The number of carbonyl (C=O) groups excluding carboxylic acids is 1. The molecule has 4 N–H and O–H groups in total. The van der Waals surface area contributed by atoms with Crippen molar-refractivity contribution in [3.05, 3.63) is 11.9 Å². The maximum Gasteiger partial charge on any atom is 0.225 e. The molecule has 104 valence electrons. The van der Waals surface area contributed by atoms with Crippen LogP contribution in [0.3, 0.4) is 0 Å². The lowest BCUT2D eigenvalue weighted by atomic mass is 9.89. The molecule has 2 rings (SSSR count). The third kappa shape index (κ3) is 2.77. The van der Waals surface area contributed by atoms with E-state index in [2.05, 4.69) is 21.8 Å². The zero-order chi connectivity index (χ0) is 14.0. The predicted octanol–water partition coefficient (Wildman–Crippen LogP) is 0.713. The van der Waals surface area contributed by atoms with Crippen LogP contribution >= 0.6 is 0 Å². The van der Waals surface area contributed by atoms with E-state index in [-0.39, 0.29) is 5.91 Å². The summed E-state index contributed by atoms with van der Waals surface area (Å²) in [6.45, 7) is 5.32. The van der Waals surface area contributed by atoms with Crippen molar-refractivity contribution in [1.29, 1.82) is 0 Å². The van der Waals surface area contributed by atoms with Gasteiger partial charge in [0.2, 0.25) is 5.91 Å². The first-order valence-corrected chi connectivity index (χ1v) is 6.63. The first-order chi connectivity index (χ1) is 8.94. The highest BCUT2D eigenvalue weighted by atomic mass is 16.1. The van der Waals surface area contributed by atoms with Crippen molar-refractivity contribution in [3.8, 4) is 0 Å². The van der Waals surface area contributed by atoms with Crippen LogP contribution in [-0.2, 0) is 11.2 Å². The topological polar surface area (TPSA) is 98.1 Å². The summed E-state index contributed by atoms with van der Waals surface area (Å²) in [5.41, 5.74) is 10.8. The Balaban J connectivity index is 2.21. The number of nitrogen functional groups attached to an aromatic ring is 1. The highest BCUT2D eigenvalue weighted by molar-refractivity contribution is 5.82. The minimum absolute atomic E-state index is 0.259. The summed E-state index contributed by atoms with van der Waals surface area (Å²) in [6, 6.07) is 1.76. The number of carbonyl (C=O) groups is 1. The molecule has 1 atom stereocenters. The normalized spacial score (nSPS) is 22.7. The molecule has 0 spiro atoms. The highest BCUT2D eigenvalue weighted by Crippen LogP contribution is 2.32. The van der Waals surface area contributed by atoms with Crippen LogP contribution in [0.1, 0.15) is 32.5 Å². The van der Waals surface area contributed by atoms with Gasteiger partial charge in [-0.1, -0.05) is 6.92 Å². The second kappa shape index (κ2) is 5.03. The van der Waals surface area contributed by atoms with E-state index in [1.165, 1.54) is 0 Å². The second-order valence-corrected chi connectivity index (χ2v) is 5.41. The molecule has 0 aliphatic carbocycles. The van der Waals surface area contributed by atoms with Gasteiger partial charge < -0.3 is 16.4 Å². The molecular formula is C13H21N5O. The van der Waals surface area contributed by atoms with Crippen LogP contribution in [0.15, 0.2) is 6.07 Å². The van der Waals surface area contributed by atoms with Crippen LogP contribution in [0.2, 0.25) is 0 Å². The molecule has 1 amide bonds. The van der Waals surface area contributed by atoms with Gasteiger partial charge in [-0.05, 0) is 19.8 Å². The van der Waals surface area contributed by atoms with E-state index in [1.54, 1.807) is 6.07 Å². The molecule has 1 aromatic rings. The van der Waals surface area contributed by atoms with E-state index in [0.717, 1.165) is 37.4 Å². The van der Waals surface area contributed by atoms with Crippen molar-refractivity contribution in [2.24, 2.45) is 11.1 Å². The molecule has 19 heavy (non-hydrogen) atoms. The molecule has 6 heteroatoms. The number of hydrogen-bond acceptors (Lipinski definition) is 5. The Bertz CT molecular complexity index is 490. The molecule has 1 aliphatic heterocycles. The molecule has 1 unspecified atom stereocenters. The lowest BCUT2D eigenvalue weighted by Crippen LogP contribution is -2.37. The quantitative estimate of drug-likeness (QED) is 0.833. The number of rotatable bonds is 4. The summed E-state index contributed by atoms with van der Waals surface area (Å²) in [7, 11) is 0. The van der Waals surface area contributed by atoms with Crippen molar-refractivity contribution in [2.75, 3.05) is 23.7 Å². The van der Waals surface area contributed by atoms with Crippen molar-refractivity contribution < 1.29 is 4.79 Å². The fraction of sp³-hybridized carbons (Fsp3) is 0.615. The molecule has 0 aromatic carbocycles. The SMILES string of the molecule is CCCc1nc(N)cc(N2CCC(C)(C(N)=O)C2)n1. The smallest absolute Gasteiger partial charge is 0.225 e. The average molecular weight is 263 g/mol. The third-order valence-corrected chi connectivity index (χ3v) is 3.64. The summed E-state index contributed by atoms with van der Waals surface area (Å²) in [5, 5.41) is 0. The maximum atomic E-state index is 11.5. The van der Waals surface area contributed by atoms with Crippen LogP contribution in [0.25, 0.3) is 0 Å². The molecular weight excluding hydrogens is 242 g/mol. The van der Waals surface area contributed by atoms with E-state index in [0.29, 0.717) is 12.4 Å². The standard InChI is InChI=1S/C13H21N5O/c1-3-4-10-16-9(14)7-11(17-10)18-6-5-13(2,8-18)12(15)19/h7H,3-6,8H2,1-2H3,(H2,15,19)(H2,14,16,17). The molecule has 2 heterocycles. The Morgan fingerprint density at radius 3 is 2.84 bits per heavy atom. The van der Waals surface area contributed by atoms with Gasteiger partial charge in [0.15, 0.2) is 0 Å². The van der Waals surface area contributed by atoms with Gasteiger partial charge in [0.25, 0.3) is 0 Å². The van der Waals surface area contributed by atoms with E-state index >= 15 is 0 Å². The van der Waals surface area contributed by atoms with Gasteiger partial charge in [-0.2, -0.15) is 0 Å². The maximum absolute atomic E-state index is 11.5. The molecule has 6 nitrogen and oxygen atoms in total. The lowest BCUT2D eigenvalue weighted by Gasteiger charge is -2.22. The number of aryl methyl sites for hydroxylation is 1. The largest absolute Gasteiger partial charge is 0.384 e. The fourth-order valence-corrected chi connectivity index (χ4v) is 2.36. The second-order valence-electron chi connectivity index (χ2n) is 5.41. The third-order valence-electron chi connectivity index (χ3n) is 3.64. The Morgan fingerprint density at radius 2 is 2.26 bits per heavy atom. The number of primary amides is 1. The number of hydrogen-bond donors (Lipinski definition) is 2. The summed E-state index contributed by atoms with van der Waals surface area (Å²) in [6.07, 6.45) is 2.52. The Hall–Kier alpha value is -1.85. The van der Waals surface area contributed by atoms with Gasteiger partial charge in [0.1, 0.15) is 17.5 Å². The van der Waals surface area contributed by atoms with Crippen LogP contribution in [0.4, 0.5) is 11.6 Å². The monoisotopic (exact) mass is 263 g/mol. The van der Waals surface area contributed by atoms with Crippen molar-refractivity contribution in [1.82, 2.24) is 9.97 Å². The Morgan fingerprint density at radius 1 is 1.53 bits per heavy atom. The van der Waals surface area contributed by atoms with Crippen molar-refractivity contribution in [2.45, 2.75) is 33.1 Å². The molecule has 1 aromatic heterocycles. The van der Waals surface area contributed by atoms with Crippen LogP contribution in [0, 0.1) is 5.41 Å². The van der Waals surface area contributed by atoms with Gasteiger partial charge in [-0.15, -0.1) is 0 Å². The van der Waals surface area contributed by atoms with Gasteiger partial charge >= 0.3 is 0 Å². The van der Waals surface area contributed by atoms with Crippen molar-refractivity contribution >= 4 is 17.5 Å². The van der Waals surface area contributed by atoms with Gasteiger partial charge in [0.05, 0.1) is 5.41 Å². The van der Waals surface area contributed by atoms with Crippen LogP contribution in [0.5, 0.6) is 0 Å². The van der Waals surface area contributed by atoms with E-state index < -0.39 is 5.41 Å². The Kier molecular flexibility index (Phi) is 3.59. The zero-order valence-electron chi connectivity index (χ0n) is 11.5. The minimum Gasteiger partial charge on any atom is -0.384 e. The fourth-order valence-electron chi connectivity index (χ4n) is 2.36. The molecule has 1 fully saturated rings. The van der Waals surface area contributed by atoms with Crippen molar-refractivity contribution in [3.63, 3.8) is 0 Å². The molecule has 1 aliphatic rings. The summed E-state index contributed by atoms with van der Waals surface area (Å²) in [4.78, 5) is 22.3. The number of nitrogens with two attached hydrogens (primary N) is 2. The van der Waals surface area contributed by atoms with E-state index in [1.807, 2.05) is 6.92 Å². The number of amides is 1. The summed E-state index contributed by atoms with van der Waals surface area (Å²) >= 11 is 0. The Labute approximate surface area is 113 Å². The average Bonchev–Trinajstić information content (AvgIpc) is 2.73. The van der Waals surface area contributed by atoms with Gasteiger partial charge in [0, 0.05) is 25.6 Å². The summed E-state index contributed by atoms with van der Waals surface area (Å²) in [5.74, 6) is 1.76. The molecule has 0 radical (unpaired) electrons. The van der Waals surface area contributed by atoms with Gasteiger partial charge in [-0.3, -0.25) is 4.79 Å². The zero-order valence-corrected chi connectivity index (χ0v) is 11.5. The molecule has 0 bridgehead atoms. The number of anilines is 2. The molecule has 1 saturated heterocycles. The predicted molar refractivity (Wildman–Crippen MR) is 74.6 cm³/mol. The summed E-state index contributed by atoms with van der Waals surface area (Å²) < 4.78 is 0. The van der Waals surface area contributed by atoms with E-state index in [9.17, 15) is 4.79 Å². The van der Waals surface area contributed by atoms with Crippen LogP contribution < -0.4 is 16.4 Å². The number of nitrogens with zero attached hydrogens (tertiary/aromatic N) is 3.